The van der Waals surface area contributed by atoms with E-state index in [-0.39, 0.29) is 19.2 Å². The van der Waals surface area contributed by atoms with Gasteiger partial charge in [-0.3, -0.25) is 14.5 Å². The van der Waals surface area contributed by atoms with Gasteiger partial charge in [0.05, 0.1) is 12.6 Å². The summed E-state index contributed by atoms with van der Waals surface area (Å²) in [5, 5.41) is 14.0. The van der Waals surface area contributed by atoms with Crippen LogP contribution < -0.4 is 10.6 Å². The van der Waals surface area contributed by atoms with E-state index in [9.17, 15) is 14.4 Å². The molecule has 102 valence electrons. The highest BCUT2D eigenvalue weighted by Crippen LogP contribution is 2.15. The molecule has 0 aromatic rings. The Labute approximate surface area is 106 Å². The summed E-state index contributed by atoms with van der Waals surface area (Å²) in [5.41, 5.74) is -0.974. The average molecular weight is 257 g/mol. The van der Waals surface area contributed by atoms with Crippen molar-refractivity contribution in [3.8, 4) is 0 Å². The van der Waals surface area contributed by atoms with Gasteiger partial charge in [0.2, 0.25) is 5.91 Å². The zero-order valence-corrected chi connectivity index (χ0v) is 10.8. The van der Waals surface area contributed by atoms with Crippen LogP contribution in [0.25, 0.3) is 0 Å². The highest BCUT2D eigenvalue weighted by atomic mass is 16.3. The van der Waals surface area contributed by atoms with E-state index >= 15 is 0 Å². The lowest BCUT2D eigenvalue weighted by molar-refractivity contribution is -0.134. The fourth-order valence-corrected chi connectivity index (χ4v) is 1.66. The molecular formula is C11H19N3O4. The maximum absolute atomic E-state index is 11.8. The molecule has 4 amide bonds. The van der Waals surface area contributed by atoms with Gasteiger partial charge in [0, 0.05) is 0 Å². The normalized spacial score (nSPS) is 19.7. The van der Waals surface area contributed by atoms with Gasteiger partial charge in [0.25, 0.3) is 5.91 Å². The second kappa shape index (κ2) is 5.34. The van der Waals surface area contributed by atoms with Crippen LogP contribution in [0.15, 0.2) is 0 Å². The molecule has 0 unspecified atom stereocenters. The first-order valence-electron chi connectivity index (χ1n) is 5.86. The fraction of sp³-hybridized carbons (Fsp3) is 0.727. The Kier molecular flexibility index (Phi) is 4.28. The molecule has 7 heteroatoms. The van der Waals surface area contributed by atoms with E-state index in [1.54, 1.807) is 13.8 Å². The van der Waals surface area contributed by atoms with Crippen LogP contribution in [0, 0.1) is 0 Å². The largest absolute Gasteiger partial charge is 0.394 e. The molecular weight excluding hydrogens is 238 g/mol. The lowest BCUT2D eigenvalue weighted by atomic mass is 10.1. The summed E-state index contributed by atoms with van der Waals surface area (Å²) >= 11 is 0. The molecule has 0 aromatic heterocycles. The molecule has 0 radical (unpaired) electrons. The van der Waals surface area contributed by atoms with E-state index in [0.29, 0.717) is 6.42 Å². The minimum atomic E-state index is -0.974. The van der Waals surface area contributed by atoms with Gasteiger partial charge in [-0.15, -0.1) is 0 Å². The van der Waals surface area contributed by atoms with Crippen LogP contribution in [0.5, 0.6) is 0 Å². The minimum absolute atomic E-state index is 0.173. The van der Waals surface area contributed by atoms with Crippen molar-refractivity contribution >= 4 is 17.8 Å². The van der Waals surface area contributed by atoms with Gasteiger partial charge in [-0.1, -0.05) is 6.92 Å². The third-order valence-electron chi connectivity index (χ3n) is 2.82. The second-order valence-electron chi connectivity index (χ2n) is 4.80. The Bertz CT molecular complexity index is 363. The number of nitrogens with zero attached hydrogens (tertiary/aromatic N) is 1. The van der Waals surface area contributed by atoms with Gasteiger partial charge >= 0.3 is 6.03 Å². The summed E-state index contributed by atoms with van der Waals surface area (Å²) in [6, 6.07) is -0.927. The van der Waals surface area contributed by atoms with Crippen LogP contribution in [0.3, 0.4) is 0 Å². The fourth-order valence-electron chi connectivity index (χ4n) is 1.66. The first-order valence-corrected chi connectivity index (χ1v) is 5.86. The molecule has 1 fully saturated rings. The number of amides is 4. The summed E-state index contributed by atoms with van der Waals surface area (Å²) in [5.74, 6) is -0.892. The van der Waals surface area contributed by atoms with Gasteiger partial charge in [0.1, 0.15) is 12.1 Å². The molecule has 1 rings (SSSR count). The van der Waals surface area contributed by atoms with Gasteiger partial charge in [-0.25, -0.2) is 4.79 Å². The second-order valence-corrected chi connectivity index (χ2v) is 4.80. The molecule has 0 saturated carbocycles. The van der Waals surface area contributed by atoms with Gasteiger partial charge in [-0.05, 0) is 20.3 Å². The third-order valence-corrected chi connectivity index (χ3v) is 2.82. The first kappa shape index (κ1) is 14.4. The molecule has 1 aliphatic rings. The molecule has 0 spiro atoms. The van der Waals surface area contributed by atoms with E-state index in [1.165, 1.54) is 0 Å². The van der Waals surface area contributed by atoms with Crippen molar-refractivity contribution in [3.63, 3.8) is 0 Å². The quantitative estimate of drug-likeness (QED) is 0.562. The maximum atomic E-state index is 11.8. The molecule has 0 bridgehead atoms. The zero-order valence-electron chi connectivity index (χ0n) is 10.8. The molecule has 1 saturated heterocycles. The molecule has 1 atom stereocenters. The number of nitrogens with one attached hydrogen (secondary N) is 2. The Morgan fingerprint density at radius 1 is 1.50 bits per heavy atom. The van der Waals surface area contributed by atoms with Crippen LogP contribution in [0.1, 0.15) is 27.2 Å². The van der Waals surface area contributed by atoms with Crippen LogP contribution in [-0.4, -0.2) is 52.6 Å². The number of aliphatic hydroxyl groups is 1. The lowest BCUT2D eigenvalue weighted by Crippen LogP contribution is -2.46. The summed E-state index contributed by atoms with van der Waals surface area (Å²) in [6.07, 6.45) is 0.577. The number of rotatable bonds is 5. The predicted octanol–water partition coefficient (Wildman–Crippen LogP) is -0.796. The van der Waals surface area contributed by atoms with Crippen molar-refractivity contribution in [2.24, 2.45) is 0 Å². The molecule has 7 nitrogen and oxygen atoms in total. The van der Waals surface area contributed by atoms with Gasteiger partial charge < -0.3 is 15.7 Å². The smallest absolute Gasteiger partial charge is 0.325 e. The third kappa shape index (κ3) is 2.98. The van der Waals surface area contributed by atoms with E-state index < -0.39 is 23.4 Å². The number of carbonyl (C=O) groups is 3. The van der Waals surface area contributed by atoms with Crippen LogP contribution in [0.4, 0.5) is 4.79 Å². The molecule has 1 aliphatic heterocycles. The number of urea groups is 1. The molecule has 1 heterocycles. The van der Waals surface area contributed by atoms with Crippen molar-refractivity contribution in [3.05, 3.63) is 0 Å². The Hall–Kier alpha value is -1.63. The molecule has 3 N–H and O–H groups in total. The van der Waals surface area contributed by atoms with E-state index in [2.05, 4.69) is 10.6 Å². The summed E-state index contributed by atoms with van der Waals surface area (Å²) in [6.45, 7) is 4.47. The average Bonchev–Trinajstić information content (AvgIpc) is 2.48. The molecule has 0 aromatic carbocycles. The van der Waals surface area contributed by atoms with E-state index in [1.807, 2.05) is 6.92 Å². The summed E-state index contributed by atoms with van der Waals surface area (Å²) in [4.78, 5) is 35.8. The van der Waals surface area contributed by atoms with Crippen molar-refractivity contribution < 1.29 is 19.5 Å². The highest BCUT2D eigenvalue weighted by Gasteiger charge is 2.44. The Morgan fingerprint density at radius 3 is 2.50 bits per heavy atom. The van der Waals surface area contributed by atoms with Crippen molar-refractivity contribution in [1.82, 2.24) is 15.5 Å². The SMILES string of the molecule is CC[C@H](CO)NC(=O)CN1C(=O)NC(C)(C)C1=O. The van der Waals surface area contributed by atoms with Crippen molar-refractivity contribution in [1.29, 1.82) is 0 Å². The topological polar surface area (TPSA) is 98.7 Å². The standard InChI is InChI=1S/C11H19N3O4/c1-4-7(6-15)12-8(16)5-14-9(17)11(2,3)13-10(14)18/h7,15H,4-6H2,1-3H3,(H,12,16)(H,13,18)/t7-/m1/s1. The predicted molar refractivity (Wildman–Crippen MR) is 63.6 cm³/mol. The number of carbonyl (C=O) groups excluding carboxylic acids is 3. The highest BCUT2D eigenvalue weighted by molar-refractivity contribution is 6.08. The minimum Gasteiger partial charge on any atom is -0.394 e. The number of imide groups is 1. The number of hydrogen-bond acceptors (Lipinski definition) is 4. The maximum Gasteiger partial charge on any atom is 0.325 e. The first-order chi connectivity index (χ1) is 8.31. The monoisotopic (exact) mass is 257 g/mol. The number of aliphatic hydroxyl groups excluding tert-OH is 1. The van der Waals surface area contributed by atoms with Crippen molar-refractivity contribution in [2.75, 3.05) is 13.2 Å². The van der Waals surface area contributed by atoms with E-state index in [0.717, 1.165) is 4.90 Å². The van der Waals surface area contributed by atoms with E-state index in [4.69, 9.17) is 5.11 Å². The van der Waals surface area contributed by atoms with Crippen LogP contribution in [-0.2, 0) is 9.59 Å². The lowest BCUT2D eigenvalue weighted by Gasteiger charge is -2.18. The van der Waals surface area contributed by atoms with Crippen LogP contribution in [0.2, 0.25) is 0 Å². The Balaban J connectivity index is 2.60. The van der Waals surface area contributed by atoms with Crippen molar-refractivity contribution in [2.45, 2.75) is 38.8 Å². The molecule has 18 heavy (non-hydrogen) atoms. The van der Waals surface area contributed by atoms with Crippen LogP contribution >= 0.6 is 0 Å². The number of hydrogen-bond donors (Lipinski definition) is 3. The zero-order chi connectivity index (χ0) is 13.9. The summed E-state index contributed by atoms with van der Waals surface area (Å²) in [7, 11) is 0. The van der Waals surface area contributed by atoms with Gasteiger partial charge in [0.15, 0.2) is 0 Å². The molecule has 0 aliphatic carbocycles. The van der Waals surface area contributed by atoms with Gasteiger partial charge in [-0.2, -0.15) is 0 Å². The summed E-state index contributed by atoms with van der Waals surface area (Å²) < 4.78 is 0. The Morgan fingerprint density at radius 2 is 2.11 bits per heavy atom.